The number of esters is 1. The van der Waals surface area contributed by atoms with Crippen molar-refractivity contribution in [3.8, 4) is 11.5 Å². The minimum atomic E-state index is -0.849. The highest BCUT2D eigenvalue weighted by Gasteiger charge is 2.34. The molecule has 1 unspecified atom stereocenters. The summed E-state index contributed by atoms with van der Waals surface area (Å²) in [6.07, 6.45) is 1.41. The van der Waals surface area contributed by atoms with Gasteiger partial charge in [0.1, 0.15) is 10.7 Å². The van der Waals surface area contributed by atoms with E-state index in [2.05, 4.69) is 4.99 Å². The maximum Gasteiger partial charge on any atom is 0.433 e. The largest absolute Gasteiger partial charge is 0.493 e. The molecule has 12 heteroatoms. The summed E-state index contributed by atoms with van der Waals surface area (Å²) in [6, 6.07) is 6.86. The van der Waals surface area contributed by atoms with Crippen LogP contribution in [0.3, 0.4) is 0 Å². The predicted molar refractivity (Wildman–Crippen MR) is 125 cm³/mol. The van der Waals surface area contributed by atoms with E-state index in [0.717, 1.165) is 11.3 Å². The summed E-state index contributed by atoms with van der Waals surface area (Å²) < 4.78 is 22.8. The van der Waals surface area contributed by atoms with Crippen LogP contribution in [0.15, 0.2) is 55.8 Å². The minimum Gasteiger partial charge on any atom is -0.493 e. The second-order valence-electron chi connectivity index (χ2n) is 7.35. The van der Waals surface area contributed by atoms with Crippen molar-refractivity contribution in [2.45, 2.75) is 19.9 Å². The third-order valence-corrected chi connectivity index (χ3v) is 6.29. The summed E-state index contributed by atoms with van der Waals surface area (Å²) in [4.78, 5) is 41.6. The molecule has 3 heterocycles. The topological polar surface area (TPSA) is 135 Å². The SMILES string of the molecule is CCOC(=O)C1=C(C)N=c2sc(=Cc3ccc([N+](=O)[O-])o3)c(=O)n2C1c1ccc(OC)c(OC)c1. The molecule has 4 rings (SSSR count). The van der Waals surface area contributed by atoms with Gasteiger partial charge < -0.3 is 18.6 Å². The summed E-state index contributed by atoms with van der Waals surface area (Å²) in [5, 5.41) is 10.9. The Morgan fingerprint density at radius 3 is 2.63 bits per heavy atom. The molecule has 1 aliphatic rings. The van der Waals surface area contributed by atoms with Gasteiger partial charge in [-0.3, -0.25) is 19.5 Å². The molecule has 0 fully saturated rings. The molecule has 0 radical (unpaired) electrons. The number of methoxy groups -OCH3 is 2. The number of aromatic nitrogens is 1. The van der Waals surface area contributed by atoms with E-state index in [4.69, 9.17) is 18.6 Å². The van der Waals surface area contributed by atoms with Gasteiger partial charge in [0.15, 0.2) is 16.3 Å². The van der Waals surface area contributed by atoms with Crippen molar-refractivity contribution >= 4 is 29.3 Å². The van der Waals surface area contributed by atoms with Crippen LogP contribution < -0.4 is 24.4 Å². The lowest BCUT2D eigenvalue weighted by Gasteiger charge is -2.25. The number of carbonyl (C=O) groups excluding carboxylic acids is 1. The van der Waals surface area contributed by atoms with Gasteiger partial charge in [-0.2, -0.15) is 0 Å². The van der Waals surface area contributed by atoms with E-state index in [1.165, 1.54) is 37.0 Å². The fraction of sp³-hybridized carbons (Fsp3) is 0.261. The van der Waals surface area contributed by atoms with Crippen molar-refractivity contribution in [3.05, 3.63) is 82.7 Å². The number of benzene rings is 1. The first kappa shape index (κ1) is 24.0. The van der Waals surface area contributed by atoms with Crippen LogP contribution in [0.1, 0.15) is 31.2 Å². The van der Waals surface area contributed by atoms with Crippen LogP contribution in [0, 0.1) is 10.1 Å². The molecule has 0 N–H and O–H groups in total. The first-order valence-electron chi connectivity index (χ1n) is 10.4. The number of nitro groups is 1. The molecule has 2 aromatic heterocycles. The van der Waals surface area contributed by atoms with E-state index in [0.29, 0.717) is 27.6 Å². The van der Waals surface area contributed by atoms with Crippen molar-refractivity contribution in [1.82, 2.24) is 4.57 Å². The predicted octanol–water partition coefficient (Wildman–Crippen LogP) is 2.32. The molecule has 1 aliphatic heterocycles. The number of fused-ring (bicyclic) bond motifs is 1. The van der Waals surface area contributed by atoms with Crippen molar-refractivity contribution in [2.24, 2.45) is 4.99 Å². The fourth-order valence-corrected chi connectivity index (χ4v) is 4.80. The molecule has 0 spiro atoms. The minimum absolute atomic E-state index is 0.144. The molecular formula is C23H21N3O8S. The molecule has 35 heavy (non-hydrogen) atoms. The van der Waals surface area contributed by atoms with E-state index in [1.807, 2.05) is 0 Å². The van der Waals surface area contributed by atoms with Gasteiger partial charge in [-0.15, -0.1) is 0 Å². The van der Waals surface area contributed by atoms with E-state index in [9.17, 15) is 19.7 Å². The highest BCUT2D eigenvalue weighted by atomic mass is 32.1. The van der Waals surface area contributed by atoms with Crippen LogP contribution in [0.25, 0.3) is 6.08 Å². The van der Waals surface area contributed by atoms with Gasteiger partial charge in [-0.25, -0.2) is 9.79 Å². The zero-order valence-electron chi connectivity index (χ0n) is 19.3. The third-order valence-electron chi connectivity index (χ3n) is 5.31. The number of ether oxygens (including phenoxy) is 3. The first-order valence-corrected chi connectivity index (χ1v) is 11.3. The average molecular weight is 500 g/mol. The number of thiazole rings is 1. The molecule has 3 aromatic rings. The molecule has 0 amide bonds. The lowest BCUT2D eigenvalue weighted by atomic mass is 9.95. The second kappa shape index (κ2) is 9.58. The molecule has 0 saturated carbocycles. The zero-order chi connectivity index (χ0) is 25.3. The van der Waals surface area contributed by atoms with Gasteiger partial charge in [0.05, 0.1) is 48.7 Å². The monoisotopic (exact) mass is 499 g/mol. The van der Waals surface area contributed by atoms with Gasteiger partial charge in [-0.05, 0) is 37.6 Å². The number of rotatable bonds is 7. The number of nitrogens with zero attached hydrogens (tertiary/aromatic N) is 3. The van der Waals surface area contributed by atoms with E-state index in [-0.39, 0.29) is 22.5 Å². The molecule has 1 atom stereocenters. The van der Waals surface area contributed by atoms with Crippen LogP contribution in [0.2, 0.25) is 0 Å². The van der Waals surface area contributed by atoms with Gasteiger partial charge >= 0.3 is 11.9 Å². The highest BCUT2D eigenvalue weighted by molar-refractivity contribution is 7.07. The molecular weight excluding hydrogens is 478 g/mol. The Morgan fingerprint density at radius 1 is 1.26 bits per heavy atom. The second-order valence-corrected chi connectivity index (χ2v) is 8.36. The van der Waals surface area contributed by atoms with Crippen molar-refractivity contribution in [1.29, 1.82) is 0 Å². The van der Waals surface area contributed by atoms with E-state index >= 15 is 0 Å². The number of allylic oxidation sites excluding steroid dienone is 1. The summed E-state index contributed by atoms with van der Waals surface area (Å²) in [6.45, 7) is 3.51. The quantitative estimate of drug-likeness (QED) is 0.275. The summed E-state index contributed by atoms with van der Waals surface area (Å²) >= 11 is 1.08. The van der Waals surface area contributed by atoms with Crippen LogP contribution >= 0.6 is 11.3 Å². The van der Waals surface area contributed by atoms with Crippen molar-refractivity contribution in [2.75, 3.05) is 20.8 Å². The van der Waals surface area contributed by atoms with Crippen molar-refractivity contribution in [3.63, 3.8) is 0 Å². The fourth-order valence-electron chi connectivity index (χ4n) is 3.78. The zero-order valence-corrected chi connectivity index (χ0v) is 20.1. The van der Waals surface area contributed by atoms with Gasteiger partial charge in [0.2, 0.25) is 0 Å². The van der Waals surface area contributed by atoms with E-state index in [1.54, 1.807) is 32.0 Å². The van der Waals surface area contributed by atoms with Crippen LogP contribution in [0.5, 0.6) is 11.5 Å². The summed E-state index contributed by atoms with van der Waals surface area (Å²) in [5.41, 5.74) is 0.763. The lowest BCUT2D eigenvalue weighted by molar-refractivity contribution is -0.402. The van der Waals surface area contributed by atoms with E-state index < -0.39 is 28.4 Å². The Bertz CT molecular complexity index is 1530. The third kappa shape index (κ3) is 4.35. The van der Waals surface area contributed by atoms with Crippen LogP contribution in [-0.4, -0.2) is 36.3 Å². The molecule has 1 aromatic carbocycles. The number of hydrogen-bond acceptors (Lipinski definition) is 10. The maximum absolute atomic E-state index is 13.5. The van der Waals surface area contributed by atoms with Gasteiger partial charge in [0, 0.05) is 6.08 Å². The van der Waals surface area contributed by atoms with Gasteiger partial charge in [-0.1, -0.05) is 17.4 Å². The lowest BCUT2D eigenvalue weighted by Crippen LogP contribution is -2.39. The van der Waals surface area contributed by atoms with Crippen molar-refractivity contribution < 1.29 is 28.3 Å². The Morgan fingerprint density at radius 2 is 2.00 bits per heavy atom. The molecule has 182 valence electrons. The average Bonchev–Trinajstić information content (AvgIpc) is 3.42. The van der Waals surface area contributed by atoms with Crippen LogP contribution in [-0.2, 0) is 9.53 Å². The highest BCUT2D eigenvalue weighted by Crippen LogP contribution is 2.36. The normalized spacial score (nSPS) is 15.4. The Kier molecular flexibility index (Phi) is 6.56. The van der Waals surface area contributed by atoms with Crippen LogP contribution in [0.4, 0.5) is 5.88 Å². The maximum atomic E-state index is 13.5. The molecule has 0 bridgehead atoms. The number of furan rings is 1. The van der Waals surface area contributed by atoms with Gasteiger partial charge in [0.25, 0.3) is 5.56 Å². The summed E-state index contributed by atoms with van der Waals surface area (Å²) in [7, 11) is 3.00. The standard InChI is InChI=1S/C23H21N3O8S/c1-5-33-22(28)19-12(2)24-23-25(20(19)13-6-8-15(31-3)16(10-13)32-4)21(27)17(35-23)11-14-7-9-18(34-14)26(29)30/h6-11,20H,5H2,1-4H3. The molecule has 11 nitrogen and oxygen atoms in total. The number of hydrogen-bond donors (Lipinski definition) is 0. The summed E-state index contributed by atoms with van der Waals surface area (Å²) in [5.74, 6) is 0.0254. The molecule has 0 aliphatic carbocycles. The Balaban J connectivity index is 1.95. The Hall–Kier alpha value is -4.19. The smallest absolute Gasteiger partial charge is 0.433 e. The first-order chi connectivity index (χ1) is 16.8. The number of carbonyl (C=O) groups is 1. The Labute approximate surface area is 202 Å². The molecule has 0 saturated heterocycles.